The average molecular weight is 470 g/mol. The van der Waals surface area contributed by atoms with E-state index in [0.717, 1.165) is 21.5 Å². The highest BCUT2D eigenvalue weighted by atomic mass is 35.5. The molecule has 0 saturated carbocycles. The molecule has 164 valence electrons. The second-order valence-corrected chi connectivity index (χ2v) is 8.45. The van der Waals surface area contributed by atoms with Gasteiger partial charge in [-0.3, -0.25) is 9.48 Å². The molecule has 2 heterocycles. The van der Waals surface area contributed by atoms with Gasteiger partial charge in [-0.15, -0.1) is 11.3 Å². The molecule has 0 bridgehead atoms. The van der Waals surface area contributed by atoms with Crippen molar-refractivity contribution in [3.8, 4) is 5.75 Å². The molecule has 4 rings (SSSR count). The lowest BCUT2D eigenvalue weighted by Gasteiger charge is -2.07. The first kappa shape index (κ1) is 21.9. The monoisotopic (exact) mass is 469 g/mol. The normalized spacial score (nSPS) is 10.8. The summed E-state index contributed by atoms with van der Waals surface area (Å²) in [6.07, 6.45) is 0. The molecule has 0 radical (unpaired) electrons. The van der Waals surface area contributed by atoms with Crippen molar-refractivity contribution >= 4 is 50.7 Å². The third kappa shape index (κ3) is 4.76. The molecule has 0 saturated heterocycles. The number of nitrogens with zero attached hydrogens (tertiary/aromatic N) is 2. The van der Waals surface area contributed by atoms with Crippen LogP contribution in [0.15, 0.2) is 54.6 Å². The van der Waals surface area contributed by atoms with E-state index in [1.165, 1.54) is 18.4 Å². The molecule has 0 aliphatic heterocycles. The van der Waals surface area contributed by atoms with Gasteiger partial charge in [0.05, 0.1) is 24.2 Å². The van der Waals surface area contributed by atoms with Gasteiger partial charge in [-0.05, 0) is 48.9 Å². The quantitative estimate of drug-likeness (QED) is 0.389. The second kappa shape index (κ2) is 9.42. The zero-order chi connectivity index (χ0) is 22.7. The van der Waals surface area contributed by atoms with Crippen molar-refractivity contribution in [2.75, 3.05) is 19.0 Å². The number of rotatable bonds is 7. The number of anilines is 1. The molecular weight excluding hydrogens is 450 g/mol. The summed E-state index contributed by atoms with van der Waals surface area (Å²) < 4.78 is 11.7. The van der Waals surface area contributed by atoms with E-state index >= 15 is 0 Å². The van der Waals surface area contributed by atoms with Crippen LogP contribution in [-0.4, -0.2) is 35.4 Å². The van der Waals surface area contributed by atoms with E-state index in [2.05, 4.69) is 15.2 Å². The molecule has 32 heavy (non-hydrogen) atoms. The van der Waals surface area contributed by atoms with Gasteiger partial charge in [0, 0.05) is 16.1 Å². The summed E-state index contributed by atoms with van der Waals surface area (Å²) in [6, 6.07) is 16.3. The summed E-state index contributed by atoms with van der Waals surface area (Å²) in [4.78, 5) is 25.5. The Morgan fingerprint density at radius 2 is 1.91 bits per heavy atom. The summed E-state index contributed by atoms with van der Waals surface area (Å²) in [5.74, 6) is -0.167. The smallest absolute Gasteiger partial charge is 0.343 e. The topological polar surface area (TPSA) is 82.4 Å². The molecule has 0 aliphatic carbocycles. The van der Waals surface area contributed by atoms with Crippen molar-refractivity contribution in [2.45, 2.75) is 13.5 Å². The first-order valence-corrected chi connectivity index (χ1v) is 11.0. The lowest BCUT2D eigenvalue weighted by molar-refractivity contribution is -0.142. The maximum atomic E-state index is 12.8. The van der Waals surface area contributed by atoms with E-state index in [-0.39, 0.29) is 12.5 Å². The van der Waals surface area contributed by atoms with Crippen LogP contribution in [0.3, 0.4) is 0 Å². The minimum absolute atomic E-state index is 0.172. The van der Waals surface area contributed by atoms with Crippen LogP contribution in [0.25, 0.3) is 10.2 Å². The summed E-state index contributed by atoms with van der Waals surface area (Å²) >= 11 is 7.68. The Bertz CT molecular complexity index is 1280. The molecule has 1 amide bonds. The third-order valence-electron chi connectivity index (χ3n) is 4.81. The Hall–Kier alpha value is -3.36. The second-order valence-electron chi connectivity index (χ2n) is 7.01. The number of carbonyl (C=O) groups is 2. The molecule has 1 N–H and O–H groups in total. The van der Waals surface area contributed by atoms with E-state index in [4.69, 9.17) is 16.3 Å². The third-order valence-corrected chi connectivity index (χ3v) is 6.32. The van der Waals surface area contributed by atoms with Gasteiger partial charge in [-0.2, -0.15) is 5.10 Å². The van der Waals surface area contributed by atoms with E-state index in [0.29, 0.717) is 27.9 Å². The SMILES string of the molecule is COC(=O)COc1ccc(NC(=O)c2cc3c(C)nn(Cc4ccccc4Cl)c3s2)cc1. The van der Waals surface area contributed by atoms with Crippen LogP contribution in [0, 0.1) is 6.92 Å². The van der Waals surface area contributed by atoms with Crippen LogP contribution in [0.4, 0.5) is 5.69 Å². The standard InChI is InChI=1S/C23H20ClN3O4S/c1-14-18-11-20(32-23(18)27(26-14)12-15-5-3-4-6-19(15)24)22(29)25-16-7-9-17(10-8-16)31-13-21(28)30-2/h3-11H,12-13H2,1-2H3,(H,25,29). The molecule has 0 aliphatic rings. The van der Waals surface area contributed by atoms with Crippen LogP contribution in [0.2, 0.25) is 5.02 Å². The van der Waals surface area contributed by atoms with Crippen LogP contribution in [0.5, 0.6) is 5.75 Å². The zero-order valence-corrected chi connectivity index (χ0v) is 19.0. The van der Waals surface area contributed by atoms with Gasteiger partial charge in [0.1, 0.15) is 10.6 Å². The maximum absolute atomic E-state index is 12.8. The first-order chi connectivity index (χ1) is 15.4. The van der Waals surface area contributed by atoms with Crippen molar-refractivity contribution < 1.29 is 19.1 Å². The number of aryl methyl sites for hydroxylation is 1. The Morgan fingerprint density at radius 3 is 2.62 bits per heavy atom. The highest BCUT2D eigenvalue weighted by molar-refractivity contribution is 7.20. The van der Waals surface area contributed by atoms with Gasteiger partial charge in [0.25, 0.3) is 5.91 Å². The van der Waals surface area contributed by atoms with Crippen LogP contribution < -0.4 is 10.1 Å². The molecule has 2 aromatic carbocycles. The van der Waals surface area contributed by atoms with Crippen molar-refractivity contribution in [1.29, 1.82) is 0 Å². The van der Waals surface area contributed by atoms with E-state index in [1.54, 1.807) is 24.3 Å². The predicted octanol–water partition coefficient (Wildman–Crippen LogP) is 4.91. The highest BCUT2D eigenvalue weighted by Crippen LogP contribution is 2.30. The Balaban J connectivity index is 1.48. The number of halogens is 1. The Morgan fingerprint density at radius 1 is 1.16 bits per heavy atom. The molecule has 9 heteroatoms. The summed E-state index contributed by atoms with van der Waals surface area (Å²) in [7, 11) is 1.30. The number of hydrogen-bond acceptors (Lipinski definition) is 6. The van der Waals surface area contributed by atoms with Crippen molar-refractivity contribution in [3.05, 3.63) is 75.8 Å². The van der Waals surface area contributed by atoms with Gasteiger partial charge in [0.2, 0.25) is 0 Å². The number of nitrogens with one attached hydrogen (secondary N) is 1. The fourth-order valence-electron chi connectivity index (χ4n) is 3.15. The molecule has 0 fully saturated rings. The van der Waals surface area contributed by atoms with Crippen molar-refractivity contribution in [1.82, 2.24) is 9.78 Å². The number of methoxy groups -OCH3 is 1. The number of hydrogen-bond donors (Lipinski definition) is 1. The molecular formula is C23H20ClN3O4S. The minimum Gasteiger partial charge on any atom is -0.482 e. The van der Waals surface area contributed by atoms with Gasteiger partial charge >= 0.3 is 5.97 Å². The number of esters is 1. The van der Waals surface area contributed by atoms with Crippen molar-refractivity contribution in [3.63, 3.8) is 0 Å². The van der Waals surface area contributed by atoms with Gasteiger partial charge in [-0.1, -0.05) is 29.8 Å². The Labute approximate surface area is 193 Å². The summed E-state index contributed by atoms with van der Waals surface area (Å²) in [6.45, 7) is 2.28. The van der Waals surface area contributed by atoms with Gasteiger partial charge in [0.15, 0.2) is 6.61 Å². The fourth-order valence-corrected chi connectivity index (χ4v) is 4.40. The van der Waals surface area contributed by atoms with Crippen LogP contribution in [0.1, 0.15) is 20.9 Å². The van der Waals surface area contributed by atoms with Crippen LogP contribution in [-0.2, 0) is 16.1 Å². The summed E-state index contributed by atoms with van der Waals surface area (Å²) in [5, 5.41) is 9.12. The summed E-state index contributed by atoms with van der Waals surface area (Å²) in [5.41, 5.74) is 2.44. The number of thiophene rings is 1. The first-order valence-electron chi connectivity index (χ1n) is 9.76. The highest BCUT2D eigenvalue weighted by Gasteiger charge is 2.17. The Kier molecular flexibility index (Phi) is 6.43. The zero-order valence-electron chi connectivity index (χ0n) is 17.4. The van der Waals surface area contributed by atoms with Gasteiger partial charge < -0.3 is 14.8 Å². The molecule has 0 atom stereocenters. The predicted molar refractivity (Wildman–Crippen MR) is 125 cm³/mol. The lowest BCUT2D eigenvalue weighted by atomic mass is 10.2. The molecule has 0 spiro atoms. The number of aromatic nitrogens is 2. The fraction of sp³-hybridized carbons (Fsp3) is 0.174. The van der Waals surface area contributed by atoms with Gasteiger partial charge in [-0.25, -0.2) is 4.79 Å². The van der Waals surface area contributed by atoms with Crippen molar-refractivity contribution in [2.24, 2.45) is 0 Å². The average Bonchev–Trinajstić information content (AvgIpc) is 3.36. The maximum Gasteiger partial charge on any atom is 0.343 e. The number of amides is 1. The minimum atomic E-state index is -0.462. The molecule has 0 unspecified atom stereocenters. The largest absolute Gasteiger partial charge is 0.482 e. The number of fused-ring (bicyclic) bond motifs is 1. The van der Waals surface area contributed by atoms with E-state index in [9.17, 15) is 9.59 Å². The van der Waals surface area contributed by atoms with E-state index in [1.807, 2.05) is 41.9 Å². The number of carbonyl (C=O) groups excluding carboxylic acids is 2. The van der Waals surface area contributed by atoms with E-state index < -0.39 is 5.97 Å². The molecule has 7 nitrogen and oxygen atoms in total. The lowest BCUT2D eigenvalue weighted by Crippen LogP contribution is -2.13. The number of ether oxygens (including phenoxy) is 2. The number of benzene rings is 2. The van der Waals surface area contributed by atoms with Crippen LogP contribution >= 0.6 is 22.9 Å². The molecule has 2 aromatic heterocycles. The molecule has 4 aromatic rings.